The first-order valence-electron chi connectivity index (χ1n) is 8.90. The van der Waals surface area contributed by atoms with Crippen LogP contribution in [0.4, 0.5) is 0 Å². The lowest BCUT2D eigenvalue weighted by Crippen LogP contribution is -2.29. The molecular weight excluding hydrogens is 401 g/mol. The summed E-state index contributed by atoms with van der Waals surface area (Å²) in [7, 11) is 0. The highest BCUT2D eigenvalue weighted by atomic mass is 35.5. The van der Waals surface area contributed by atoms with Gasteiger partial charge >= 0.3 is 5.97 Å². The van der Waals surface area contributed by atoms with Gasteiger partial charge < -0.3 is 9.64 Å². The summed E-state index contributed by atoms with van der Waals surface area (Å²) in [4.78, 5) is 38.2. The number of esters is 1. The van der Waals surface area contributed by atoms with Gasteiger partial charge in [0.25, 0.3) is 0 Å². The Labute approximate surface area is 173 Å². The van der Waals surface area contributed by atoms with Crippen LogP contribution in [0.1, 0.15) is 22.3 Å². The Morgan fingerprint density at radius 1 is 1.00 bits per heavy atom. The van der Waals surface area contributed by atoms with Gasteiger partial charge in [0.1, 0.15) is 0 Å². The zero-order valence-electron chi connectivity index (χ0n) is 15.1. The van der Waals surface area contributed by atoms with Crippen LogP contribution >= 0.6 is 23.2 Å². The van der Waals surface area contributed by atoms with Gasteiger partial charge in [-0.1, -0.05) is 35.3 Å². The molecule has 1 fully saturated rings. The van der Waals surface area contributed by atoms with Crippen LogP contribution in [0.3, 0.4) is 0 Å². The number of Topliss-reactive ketones (excluding diaryl/α,β-unsaturated/α-hetero) is 1. The van der Waals surface area contributed by atoms with E-state index in [-0.39, 0.29) is 24.7 Å². The van der Waals surface area contributed by atoms with Crippen LogP contribution in [-0.2, 0) is 20.7 Å². The number of carbonyl (C=O) groups is 3. The number of amides is 1. The van der Waals surface area contributed by atoms with Crippen LogP contribution in [0, 0.1) is 5.92 Å². The molecule has 0 N–H and O–H groups in total. The molecule has 1 unspecified atom stereocenters. The van der Waals surface area contributed by atoms with Crippen LogP contribution < -0.4 is 0 Å². The third-order valence-corrected chi connectivity index (χ3v) is 5.15. The summed E-state index contributed by atoms with van der Waals surface area (Å²) >= 11 is 11.7. The second-order valence-electron chi connectivity index (χ2n) is 6.66. The molecular formula is C21H19Cl2NO4. The second kappa shape index (κ2) is 9.22. The minimum atomic E-state index is -0.546. The van der Waals surface area contributed by atoms with Gasteiger partial charge in [-0.15, -0.1) is 0 Å². The number of likely N-dealkylation sites (tertiary alicyclic amines) is 1. The van der Waals surface area contributed by atoms with E-state index >= 15 is 0 Å². The number of halogens is 2. The van der Waals surface area contributed by atoms with Crippen LogP contribution in [0.25, 0.3) is 0 Å². The maximum Gasteiger partial charge on any atom is 0.311 e. The summed E-state index contributed by atoms with van der Waals surface area (Å²) in [5, 5.41) is 1.19. The van der Waals surface area contributed by atoms with Crippen LogP contribution in [0.2, 0.25) is 10.0 Å². The molecule has 0 aliphatic carbocycles. The minimum absolute atomic E-state index is 0.0834. The smallest absolute Gasteiger partial charge is 0.311 e. The van der Waals surface area contributed by atoms with Gasteiger partial charge in [-0.05, 0) is 48.4 Å². The van der Waals surface area contributed by atoms with Crippen molar-refractivity contribution in [1.29, 1.82) is 0 Å². The number of carbonyl (C=O) groups excluding carboxylic acids is 3. The van der Waals surface area contributed by atoms with E-state index < -0.39 is 11.9 Å². The van der Waals surface area contributed by atoms with E-state index in [1.807, 2.05) is 12.1 Å². The quantitative estimate of drug-likeness (QED) is 0.505. The molecule has 0 aromatic heterocycles. The first-order valence-corrected chi connectivity index (χ1v) is 9.65. The molecule has 2 aromatic rings. The lowest BCUT2D eigenvalue weighted by molar-refractivity contribution is -0.147. The van der Waals surface area contributed by atoms with Gasteiger partial charge in [0.2, 0.25) is 5.91 Å². The highest BCUT2D eigenvalue weighted by Crippen LogP contribution is 2.20. The highest BCUT2D eigenvalue weighted by molar-refractivity contribution is 6.30. The average molecular weight is 420 g/mol. The molecule has 146 valence electrons. The van der Waals surface area contributed by atoms with Crippen LogP contribution in [0.15, 0.2) is 48.5 Å². The summed E-state index contributed by atoms with van der Waals surface area (Å²) < 4.78 is 5.13. The number of rotatable bonds is 7. The minimum Gasteiger partial charge on any atom is -0.457 e. The Kier molecular flexibility index (Phi) is 6.70. The number of hydrogen-bond donors (Lipinski definition) is 0. The molecule has 1 amide bonds. The molecule has 0 radical (unpaired) electrons. The third kappa shape index (κ3) is 5.33. The molecule has 7 heteroatoms. The fourth-order valence-corrected chi connectivity index (χ4v) is 3.29. The predicted octanol–water partition coefficient (Wildman–Crippen LogP) is 3.81. The fourth-order valence-electron chi connectivity index (χ4n) is 3.03. The van der Waals surface area contributed by atoms with Gasteiger partial charge in [-0.3, -0.25) is 14.4 Å². The van der Waals surface area contributed by atoms with E-state index in [9.17, 15) is 14.4 Å². The fraction of sp³-hybridized carbons (Fsp3) is 0.286. The molecule has 0 saturated carbocycles. The largest absolute Gasteiger partial charge is 0.457 e. The molecule has 3 rings (SSSR count). The van der Waals surface area contributed by atoms with Gasteiger partial charge in [0.05, 0.1) is 5.92 Å². The number of ether oxygens (including phenoxy) is 1. The molecule has 1 aliphatic rings. The highest BCUT2D eigenvalue weighted by Gasteiger charge is 2.35. The maximum atomic E-state index is 12.2. The normalized spacial score (nSPS) is 16.3. The summed E-state index contributed by atoms with van der Waals surface area (Å²) in [6, 6.07) is 13.8. The van der Waals surface area contributed by atoms with Crippen molar-refractivity contribution in [2.24, 2.45) is 5.92 Å². The predicted molar refractivity (Wildman–Crippen MR) is 107 cm³/mol. The Bertz CT molecular complexity index is 865. The number of hydrogen-bond acceptors (Lipinski definition) is 4. The van der Waals surface area contributed by atoms with E-state index in [2.05, 4.69) is 0 Å². The Balaban J connectivity index is 1.47. The number of benzene rings is 2. The van der Waals surface area contributed by atoms with E-state index in [0.717, 1.165) is 5.56 Å². The van der Waals surface area contributed by atoms with Gasteiger partial charge in [-0.2, -0.15) is 0 Å². The number of nitrogens with zero attached hydrogens (tertiary/aromatic N) is 1. The Morgan fingerprint density at radius 2 is 1.61 bits per heavy atom. The maximum absolute atomic E-state index is 12.2. The summed E-state index contributed by atoms with van der Waals surface area (Å²) in [6.07, 6.45) is 0.786. The van der Waals surface area contributed by atoms with E-state index in [4.69, 9.17) is 27.9 Å². The summed E-state index contributed by atoms with van der Waals surface area (Å²) in [5.41, 5.74) is 1.49. The lowest BCUT2D eigenvalue weighted by Gasteiger charge is -2.16. The van der Waals surface area contributed by atoms with E-state index in [1.165, 1.54) is 0 Å². The first kappa shape index (κ1) is 20.4. The summed E-state index contributed by atoms with van der Waals surface area (Å²) in [5.74, 6) is -1.46. The lowest BCUT2D eigenvalue weighted by atomic mass is 10.1. The van der Waals surface area contributed by atoms with Crippen molar-refractivity contribution in [2.45, 2.75) is 12.8 Å². The molecule has 2 aromatic carbocycles. The monoisotopic (exact) mass is 419 g/mol. The van der Waals surface area contributed by atoms with Crippen molar-refractivity contribution in [3.63, 3.8) is 0 Å². The standard InChI is InChI=1S/C21H19Cl2NO4/c22-17-5-1-14(2-6-17)9-10-24-12-16(11-20(24)26)21(27)28-13-19(25)15-3-7-18(23)8-4-15/h1-8,16H,9-13H2. The van der Waals surface area contributed by atoms with Crippen molar-refractivity contribution in [1.82, 2.24) is 4.90 Å². The van der Waals surface area contributed by atoms with E-state index in [0.29, 0.717) is 35.1 Å². The molecule has 0 bridgehead atoms. The van der Waals surface area contributed by atoms with Gasteiger partial charge in [-0.25, -0.2) is 0 Å². The number of ketones is 1. The SMILES string of the molecule is O=C(COC(=O)C1CC(=O)N(CCc2ccc(Cl)cc2)C1)c1ccc(Cl)cc1. The Hall–Kier alpha value is -2.37. The van der Waals surface area contributed by atoms with Crippen LogP contribution in [0.5, 0.6) is 0 Å². The topological polar surface area (TPSA) is 63.7 Å². The van der Waals surface area contributed by atoms with Crippen molar-refractivity contribution in [3.05, 3.63) is 69.7 Å². The van der Waals surface area contributed by atoms with E-state index in [1.54, 1.807) is 41.3 Å². The Morgan fingerprint density at radius 3 is 2.25 bits per heavy atom. The molecule has 1 heterocycles. The zero-order valence-corrected chi connectivity index (χ0v) is 16.6. The van der Waals surface area contributed by atoms with Crippen molar-refractivity contribution < 1.29 is 19.1 Å². The van der Waals surface area contributed by atoms with Crippen molar-refractivity contribution >= 4 is 40.9 Å². The molecule has 1 aliphatic heterocycles. The average Bonchev–Trinajstić information content (AvgIpc) is 3.07. The third-order valence-electron chi connectivity index (χ3n) is 4.64. The first-order chi connectivity index (χ1) is 13.4. The second-order valence-corrected chi connectivity index (χ2v) is 7.53. The molecule has 1 saturated heterocycles. The molecule has 28 heavy (non-hydrogen) atoms. The molecule has 5 nitrogen and oxygen atoms in total. The van der Waals surface area contributed by atoms with Crippen molar-refractivity contribution in [3.8, 4) is 0 Å². The molecule has 1 atom stereocenters. The zero-order chi connectivity index (χ0) is 20.1. The summed E-state index contributed by atoms with van der Waals surface area (Å²) in [6.45, 7) is 0.476. The van der Waals surface area contributed by atoms with Gasteiger partial charge in [0.15, 0.2) is 12.4 Å². The van der Waals surface area contributed by atoms with Gasteiger partial charge in [0, 0.05) is 35.1 Å². The molecule has 0 spiro atoms. The van der Waals surface area contributed by atoms with Crippen LogP contribution in [-0.4, -0.2) is 42.3 Å². The van der Waals surface area contributed by atoms with Crippen molar-refractivity contribution in [2.75, 3.05) is 19.7 Å².